The maximum Gasteiger partial charge on any atom is 0.337 e. The summed E-state index contributed by atoms with van der Waals surface area (Å²) >= 11 is 0. The number of hydrogen-bond acceptors (Lipinski definition) is 4. The molecule has 0 fully saturated rings. The van der Waals surface area contributed by atoms with Gasteiger partial charge in [0.2, 0.25) is 0 Å². The molecule has 0 aliphatic rings. The van der Waals surface area contributed by atoms with E-state index < -0.39 is 5.97 Å². The molecule has 6 heteroatoms. The van der Waals surface area contributed by atoms with Gasteiger partial charge in [-0.25, -0.2) is 9.59 Å². The number of imidazole rings is 1. The van der Waals surface area contributed by atoms with Crippen LogP contribution in [0.5, 0.6) is 0 Å². The predicted octanol–water partition coefficient (Wildman–Crippen LogP) is 0.652. The number of ether oxygens (including phenoxy) is 1. The number of H-pyrrole nitrogens is 1. The summed E-state index contributed by atoms with van der Waals surface area (Å²) in [6.45, 7) is 1.93. The second-order valence-corrected chi connectivity index (χ2v) is 3.53. The Hall–Kier alpha value is -2.08. The van der Waals surface area contributed by atoms with Gasteiger partial charge in [-0.05, 0) is 25.1 Å². The van der Waals surface area contributed by atoms with Crippen LogP contribution in [-0.2, 0) is 11.8 Å². The third kappa shape index (κ3) is 2.78. The van der Waals surface area contributed by atoms with E-state index in [2.05, 4.69) is 9.72 Å². The summed E-state index contributed by atoms with van der Waals surface area (Å²) in [5, 5.41) is 7.57. The van der Waals surface area contributed by atoms with E-state index in [1.165, 1.54) is 11.7 Å². The van der Waals surface area contributed by atoms with Gasteiger partial charge in [0.1, 0.15) is 0 Å². The zero-order valence-corrected chi connectivity index (χ0v) is 10.6. The van der Waals surface area contributed by atoms with Crippen LogP contribution in [-0.4, -0.2) is 34.3 Å². The number of aromatic nitrogens is 2. The second kappa shape index (κ2) is 6.02. The Balaban J connectivity index is 0.000000492. The molecular weight excluding hydrogens is 236 g/mol. The van der Waals surface area contributed by atoms with Gasteiger partial charge in [0.05, 0.1) is 23.7 Å². The van der Waals surface area contributed by atoms with Crippen LogP contribution in [0.25, 0.3) is 11.0 Å². The van der Waals surface area contributed by atoms with Crippen LogP contribution >= 0.6 is 0 Å². The van der Waals surface area contributed by atoms with Gasteiger partial charge >= 0.3 is 11.7 Å². The molecule has 0 atom stereocenters. The summed E-state index contributed by atoms with van der Waals surface area (Å²) in [6, 6.07) is 4.93. The van der Waals surface area contributed by atoms with Crippen molar-refractivity contribution in [3.05, 3.63) is 34.2 Å². The van der Waals surface area contributed by atoms with Gasteiger partial charge < -0.3 is 14.8 Å². The van der Waals surface area contributed by atoms with Gasteiger partial charge in [-0.2, -0.15) is 0 Å². The average Bonchev–Trinajstić information content (AvgIpc) is 2.64. The third-order valence-corrected chi connectivity index (χ3v) is 2.33. The minimum absolute atomic E-state index is 0.202. The van der Waals surface area contributed by atoms with E-state index in [0.717, 1.165) is 5.52 Å². The number of benzene rings is 1. The van der Waals surface area contributed by atoms with Crippen LogP contribution in [0.2, 0.25) is 0 Å². The van der Waals surface area contributed by atoms with Gasteiger partial charge in [-0.15, -0.1) is 0 Å². The Morgan fingerprint density at radius 3 is 2.67 bits per heavy atom. The highest BCUT2D eigenvalue weighted by molar-refractivity contribution is 5.93. The smallest absolute Gasteiger partial charge is 0.337 e. The highest BCUT2D eigenvalue weighted by Gasteiger charge is 2.08. The molecule has 0 aliphatic carbocycles. The lowest BCUT2D eigenvalue weighted by Crippen LogP contribution is -2.11. The molecule has 0 spiro atoms. The molecule has 0 bridgehead atoms. The minimum Gasteiger partial charge on any atom is -0.465 e. The molecular formula is C12H16N2O4. The number of nitrogens with one attached hydrogen (secondary N) is 1. The molecule has 1 heterocycles. The fourth-order valence-corrected chi connectivity index (χ4v) is 1.48. The quantitative estimate of drug-likeness (QED) is 0.730. The molecule has 0 aliphatic heterocycles. The Labute approximate surface area is 104 Å². The maximum absolute atomic E-state index is 11.3. The summed E-state index contributed by atoms with van der Waals surface area (Å²) < 4.78 is 6.07. The lowest BCUT2D eigenvalue weighted by atomic mass is 10.2. The van der Waals surface area contributed by atoms with Gasteiger partial charge in [0.15, 0.2) is 0 Å². The van der Waals surface area contributed by atoms with Crippen molar-refractivity contribution in [3.63, 3.8) is 0 Å². The molecule has 0 saturated heterocycles. The van der Waals surface area contributed by atoms with Crippen molar-refractivity contribution in [2.24, 2.45) is 7.05 Å². The number of carbonyl (C=O) groups excluding carboxylic acids is 1. The van der Waals surface area contributed by atoms with Crippen molar-refractivity contribution in [1.29, 1.82) is 0 Å². The van der Waals surface area contributed by atoms with Crippen molar-refractivity contribution in [3.8, 4) is 0 Å². The van der Waals surface area contributed by atoms with Crippen molar-refractivity contribution in [2.45, 2.75) is 6.92 Å². The van der Waals surface area contributed by atoms with E-state index in [1.54, 1.807) is 32.2 Å². The lowest BCUT2D eigenvalue weighted by Gasteiger charge is -1.99. The number of methoxy groups -OCH3 is 1. The lowest BCUT2D eigenvalue weighted by molar-refractivity contribution is 0.0601. The van der Waals surface area contributed by atoms with Crippen LogP contribution in [0.4, 0.5) is 0 Å². The number of esters is 1. The molecule has 1 aromatic carbocycles. The first kappa shape index (κ1) is 14.0. The number of aryl methyl sites for hydroxylation is 1. The number of rotatable bonds is 1. The molecule has 98 valence electrons. The van der Waals surface area contributed by atoms with Gasteiger partial charge in [0.25, 0.3) is 0 Å². The molecule has 0 amide bonds. The number of aromatic amines is 1. The average molecular weight is 252 g/mol. The standard InChI is InChI=1S/C10H10N2O3.C2H6O/c1-12-8-4-3-6(9(13)15-2)5-7(8)11-10(12)14;1-2-3/h3-5H,1-2H3,(H,11,14);3H,2H2,1H3. The number of hydrogen-bond donors (Lipinski definition) is 2. The van der Waals surface area contributed by atoms with Crippen molar-refractivity contribution in [1.82, 2.24) is 9.55 Å². The molecule has 0 saturated carbocycles. The molecule has 0 radical (unpaired) electrons. The van der Waals surface area contributed by atoms with E-state index in [1.807, 2.05) is 0 Å². The zero-order valence-electron chi connectivity index (χ0n) is 10.6. The van der Waals surface area contributed by atoms with Gasteiger partial charge in [-0.1, -0.05) is 0 Å². The fraction of sp³-hybridized carbons (Fsp3) is 0.333. The van der Waals surface area contributed by atoms with E-state index in [9.17, 15) is 9.59 Å². The summed E-state index contributed by atoms with van der Waals surface area (Å²) in [6.07, 6.45) is 0. The van der Waals surface area contributed by atoms with E-state index in [0.29, 0.717) is 11.1 Å². The molecule has 2 rings (SSSR count). The van der Waals surface area contributed by atoms with Crippen LogP contribution < -0.4 is 5.69 Å². The van der Waals surface area contributed by atoms with E-state index in [4.69, 9.17) is 5.11 Å². The number of fused-ring (bicyclic) bond motifs is 1. The van der Waals surface area contributed by atoms with Gasteiger partial charge in [0, 0.05) is 13.7 Å². The predicted molar refractivity (Wildman–Crippen MR) is 67.6 cm³/mol. The van der Waals surface area contributed by atoms with Crippen LogP contribution in [0, 0.1) is 0 Å². The zero-order chi connectivity index (χ0) is 13.7. The molecule has 18 heavy (non-hydrogen) atoms. The highest BCUT2D eigenvalue weighted by Crippen LogP contribution is 2.12. The largest absolute Gasteiger partial charge is 0.465 e. The highest BCUT2D eigenvalue weighted by atomic mass is 16.5. The Morgan fingerprint density at radius 1 is 1.50 bits per heavy atom. The summed E-state index contributed by atoms with van der Waals surface area (Å²) in [5.74, 6) is -0.415. The summed E-state index contributed by atoms with van der Waals surface area (Å²) in [5.41, 5.74) is 1.61. The molecule has 0 unspecified atom stereocenters. The summed E-state index contributed by atoms with van der Waals surface area (Å²) in [7, 11) is 2.99. The first-order chi connectivity index (χ1) is 8.54. The first-order valence-corrected chi connectivity index (χ1v) is 5.43. The second-order valence-electron chi connectivity index (χ2n) is 3.53. The number of aliphatic hydroxyl groups is 1. The molecule has 2 N–H and O–H groups in total. The van der Waals surface area contributed by atoms with E-state index >= 15 is 0 Å². The Kier molecular flexibility index (Phi) is 4.67. The molecule has 1 aromatic heterocycles. The third-order valence-electron chi connectivity index (χ3n) is 2.33. The number of carbonyl (C=O) groups is 1. The van der Waals surface area contributed by atoms with Crippen molar-refractivity contribution < 1.29 is 14.6 Å². The molecule has 2 aromatic rings. The van der Waals surface area contributed by atoms with Crippen LogP contribution in [0.1, 0.15) is 17.3 Å². The SMILES string of the molecule is CCO.COC(=O)c1ccc2c(c1)[nH]c(=O)n2C. The minimum atomic E-state index is -0.415. The van der Waals surface area contributed by atoms with Crippen molar-refractivity contribution >= 4 is 17.0 Å². The van der Waals surface area contributed by atoms with Crippen molar-refractivity contribution in [2.75, 3.05) is 13.7 Å². The van der Waals surface area contributed by atoms with E-state index in [-0.39, 0.29) is 12.3 Å². The summed E-state index contributed by atoms with van der Waals surface area (Å²) in [4.78, 5) is 25.2. The Morgan fingerprint density at radius 2 is 2.11 bits per heavy atom. The number of nitrogens with zero attached hydrogens (tertiary/aromatic N) is 1. The fourth-order valence-electron chi connectivity index (χ4n) is 1.48. The van der Waals surface area contributed by atoms with Crippen LogP contribution in [0.3, 0.4) is 0 Å². The maximum atomic E-state index is 11.3. The van der Waals surface area contributed by atoms with Gasteiger partial charge in [-0.3, -0.25) is 4.57 Å². The topological polar surface area (TPSA) is 84.3 Å². The Bertz CT molecular complexity index is 598. The normalized spacial score (nSPS) is 9.78. The first-order valence-electron chi connectivity index (χ1n) is 5.43. The monoisotopic (exact) mass is 252 g/mol. The number of aliphatic hydroxyl groups excluding tert-OH is 1. The van der Waals surface area contributed by atoms with Crippen LogP contribution in [0.15, 0.2) is 23.0 Å². The molecule has 6 nitrogen and oxygen atoms in total.